The molecule has 0 amide bonds. The average Bonchev–Trinajstić information content (AvgIpc) is 2.62. The Bertz CT molecular complexity index is 455. The number of ether oxygens (including phenoxy) is 4. The maximum Gasteiger partial charge on any atom is 0.264 e. The van der Waals surface area contributed by atoms with Crippen LogP contribution in [0.2, 0.25) is 0 Å². The van der Waals surface area contributed by atoms with Crippen LogP contribution in [0.1, 0.15) is 39.0 Å². The number of rotatable bonds is 20. The predicted molar refractivity (Wildman–Crippen MR) is 106 cm³/mol. The Morgan fingerprint density at radius 3 is 1.78 bits per heavy atom. The third kappa shape index (κ3) is 21.6. The van der Waals surface area contributed by atoms with Crippen molar-refractivity contribution in [1.82, 2.24) is 0 Å². The van der Waals surface area contributed by atoms with Gasteiger partial charge in [-0.05, 0) is 39.0 Å². The van der Waals surface area contributed by atoms with Crippen LogP contribution in [-0.2, 0) is 29.1 Å². The van der Waals surface area contributed by atoms with E-state index in [9.17, 15) is 8.42 Å². The van der Waals surface area contributed by atoms with Gasteiger partial charge in [0.05, 0.1) is 52.0 Å². The van der Waals surface area contributed by atoms with Gasteiger partial charge in [0, 0.05) is 13.2 Å². The van der Waals surface area contributed by atoms with Crippen LogP contribution in [0.3, 0.4) is 0 Å². The maximum atomic E-state index is 10.7. The monoisotopic (exact) mass is 411 g/mol. The summed E-state index contributed by atoms with van der Waals surface area (Å²) in [7, 11) is -3.84. The van der Waals surface area contributed by atoms with E-state index in [-0.39, 0.29) is 5.75 Å². The highest BCUT2D eigenvalue weighted by atomic mass is 32.2. The molecular weight excluding hydrogens is 374 g/mol. The lowest BCUT2D eigenvalue weighted by atomic mass is 10.0. The molecule has 0 saturated heterocycles. The molecule has 0 aromatic rings. The highest BCUT2D eigenvalue weighted by Crippen LogP contribution is 2.14. The van der Waals surface area contributed by atoms with Crippen LogP contribution in [0.4, 0.5) is 0 Å². The molecule has 0 atom stereocenters. The van der Waals surface area contributed by atoms with Crippen molar-refractivity contribution in [2.75, 3.05) is 65.2 Å². The largest absolute Gasteiger partial charge is 0.379 e. The molecule has 0 aromatic heterocycles. The van der Waals surface area contributed by atoms with Crippen molar-refractivity contribution in [3.8, 4) is 0 Å². The summed E-state index contributed by atoms with van der Waals surface area (Å²) < 4.78 is 51.5. The summed E-state index contributed by atoms with van der Waals surface area (Å²) in [6, 6.07) is 0. The van der Waals surface area contributed by atoms with Gasteiger partial charge >= 0.3 is 0 Å². The van der Waals surface area contributed by atoms with E-state index in [1.165, 1.54) is 5.57 Å². The molecule has 0 bridgehead atoms. The fraction of sp³-hybridized carbons (Fsp3) is 0.889. The zero-order valence-corrected chi connectivity index (χ0v) is 17.4. The molecule has 9 heteroatoms. The molecule has 0 heterocycles. The molecule has 0 rings (SSSR count). The van der Waals surface area contributed by atoms with Crippen molar-refractivity contribution in [3.63, 3.8) is 0 Å². The predicted octanol–water partition coefficient (Wildman–Crippen LogP) is 1.80. The minimum absolute atomic E-state index is 0.166. The molecule has 0 radical (unpaired) electrons. The molecule has 0 aliphatic carbocycles. The quantitative estimate of drug-likeness (QED) is 0.177. The molecule has 0 spiro atoms. The van der Waals surface area contributed by atoms with Crippen LogP contribution in [0.25, 0.3) is 0 Å². The van der Waals surface area contributed by atoms with Crippen LogP contribution in [-0.4, -0.2) is 78.1 Å². The van der Waals surface area contributed by atoms with Crippen molar-refractivity contribution >= 4 is 10.1 Å². The Balaban J connectivity index is 3.34. The van der Waals surface area contributed by atoms with E-state index >= 15 is 0 Å². The maximum absolute atomic E-state index is 10.7. The minimum atomic E-state index is -3.84. The Labute approximate surface area is 164 Å². The molecule has 8 nitrogen and oxygen atoms in total. The molecular formula is C18H37NO7S. The second kappa shape index (κ2) is 18.8. The summed E-state index contributed by atoms with van der Waals surface area (Å²) in [6.45, 7) is 6.99. The van der Waals surface area contributed by atoms with E-state index < -0.39 is 10.1 Å². The van der Waals surface area contributed by atoms with Crippen molar-refractivity contribution < 1.29 is 31.9 Å². The lowest BCUT2D eigenvalue weighted by Gasteiger charge is -2.09. The number of hydrogen-bond donors (Lipinski definition) is 2. The summed E-state index contributed by atoms with van der Waals surface area (Å²) in [6.07, 6.45) is 6.01. The van der Waals surface area contributed by atoms with Crippen LogP contribution >= 0.6 is 0 Å². The van der Waals surface area contributed by atoms with Crippen molar-refractivity contribution in [3.05, 3.63) is 11.6 Å². The second-order valence-electron chi connectivity index (χ2n) is 6.03. The Hall–Kier alpha value is -0.550. The Morgan fingerprint density at radius 1 is 0.815 bits per heavy atom. The third-order valence-corrected chi connectivity index (χ3v) is 4.53. The molecule has 0 fully saturated rings. The van der Waals surface area contributed by atoms with Gasteiger partial charge in [-0.25, -0.2) is 0 Å². The Morgan fingerprint density at radius 2 is 1.30 bits per heavy atom. The highest BCUT2D eigenvalue weighted by molar-refractivity contribution is 7.85. The van der Waals surface area contributed by atoms with Gasteiger partial charge in [-0.2, -0.15) is 8.42 Å². The fourth-order valence-electron chi connectivity index (χ4n) is 2.30. The van der Waals surface area contributed by atoms with Crippen LogP contribution in [0, 0.1) is 0 Å². The van der Waals surface area contributed by atoms with Gasteiger partial charge in [-0.15, -0.1) is 0 Å². The molecule has 0 aliphatic heterocycles. The third-order valence-electron chi connectivity index (χ3n) is 3.72. The number of unbranched alkanes of at least 4 members (excludes halogenated alkanes) is 1. The smallest absolute Gasteiger partial charge is 0.264 e. The van der Waals surface area contributed by atoms with Gasteiger partial charge < -0.3 is 24.7 Å². The van der Waals surface area contributed by atoms with Gasteiger partial charge in [-0.1, -0.05) is 11.6 Å². The topological polar surface area (TPSA) is 117 Å². The standard InChI is InChI=1S/C18H37NO7S/c1-2-18(6-3-4-17-27(20,21)22)7-5-9-23-11-13-25-15-16-26-14-12-24-10-8-19/h2H,3-17,19H2,1H3,(H,20,21,22). The lowest BCUT2D eigenvalue weighted by Crippen LogP contribution is -2.14. The summed E-state index contributed by atoms with van der Waals surface area (Å²) >= 11 is 0. The zero-order chi connectivity index (χ0) is 20.2. The normalized spacial score (nSPS) is 12.6. The zero-order valence-electron chi connectivity index (χ0n) is 16.6. The SMILES string of the molecule is CC=C(CCCCS(=O)(=O)O)CCCOCCOCCOCCOCCN. The average molecular weight is 412 g/mol. The first-order valence-electron chi connectivity index (χ1n) is 9.60. The minimum Gasteiger partial charge on any atom is -0.379 e. The van der Waals surface area contributed by atoms with Crippen molar-refractivity contribution in [2.45, 2.75) is 39.0 Å². The molecule has 27 heavy (non-hydrogen) atoms. The van der Waals surface area contributed by atoms with E-state index in [0.717, 1.165) is 25.7 Å². The van der Waals surface area contributed by atoms with Crippen LogP contribution < -0.4 is 5.73 Å². The number of nitrogens with two attached hydrogens (primary N) is 1. The van der Waals surface area contributed by atoms with E-state index in [0.29, 0.717) is 65.8 Å². The summed E-state index contributed by atoms with van der Waals surface area (Å²) in [5, 5.41) is 0. The molecule has 0 aliphatic rings. The van der Waals surface area contributed by atoms with E-state index in [1.807, 2.05) is 6.92 Å². The van der Waals surface area contributed by atoms with E-state index in [1.54, 1.807) is 0 Å². The molecule has 0 saturated carbocycles. The summed E-state index contributed by atoms with van der Waals surface area (Å²) in [5.41, 5.74) is 6.59. The molecule has 0 unspecified atom stereocenters. The van der Waals surface area contributed by atoms with Gasteiger partial charge in [0.15, 0.2) is 0 Å². The van der Waals surface area contributed by atoms with Crippen LogP contribution in [0.15, 0.2) is 11.6 Å². The number of allylic oxidation sites excluding steroid dienone is 2. The van der Waals surface area contributed by atoms with Gasteiger partial charge in [0.2, 0.25) is 0 Å². The molecule has 3 N–H and O–H groups in total. The first kappa shape index (κ1) is 26.4. The first-order chi connectivity index (χ1) is 13.0. The summed E-state index contributed by atoms with van der Waals surface area (Å²) in [5.74, 6) is -0.166. The van der Waals surface area contributed by atoms with E-state index in [2.05, 4.69) is 6.08 Å². The number of hydrogen-bond acceptors (Lipinski definition) is 7. The van der Waals surface area contributed by atoms with Gasteiger partial charge in [0.1, 0.15) is 0 Å². The summed E-state index contributed by atoms with van der Waals surface area (Å²) in [4.78, 5) is 0. The van der Waals surface area contributed by atoms with Gasteiger partial charge in [-0.3, -0.25) is 4.55 Å². The fourth-order valence-corrected chi connectivity index (χ4v) is 2.87. The first-order valence-corrected chi connectivity index (χ1v) is 11.2. The molecule has 162 valence electrons. The van der Waals surface area contributed by atoms with E-state index in [4.69, 9.17) is 29.2 Å². The van der Waals surface area contributed by atoms with Crippen LogP contribution in [0.5, 0.6) is 0 Å². The Kier molecular flexibility index (Phi) is 18.4. The van der Waals surface area contributed by atoms with Gasteiger partial charge in [0.25, 0.3) is 10.1 Å². The van der Waals surface area contributed by atoms with Crippen molar-refractivity contribution in [2.24, 2.45) is 5.73 Å². The molecule has 0 aromatic carbocycles. The second-order valence-corrected chi connectivity index (χ2v) is 7.60. The van der Waals surface area contributed by atoms with Crippen molar-refractivity contribution in [1.29, 1.82) is 0 Å². The highest BCUT2D eigenvalue weighted by Gasteiger charge is 2.04. The lowest BCUT2D eigenvalue weighted by molar-refractivity contribution is -0.00119.